The second-order valence-corrected chi connectivity index (χ2v) is 4.46. The lowest BCUT2D eigenvalue weighted by Crippen LogP contribution is -2.16. The van der Waals surface area contributed by atoms with Crippen LogP contribution in [0.4, 0.5) is 10.1 Å². The molecule has 0 heterocycles. The number of anilines is 1. The van der Waals surface area contributed by atoms with Crippen LogP contribution >= 0.6 is 0 Å². The summed E-state index contributed by atoms with van der Waals surface area (Å²) in [6, 6.07) is 12.8. The van der Waals surface area contributed by atoms with Crippen molar-refractivity contribution in [2.45, 2.75) is 6.42 Å². The minimum atomic E-state index is -0.612. The molecule has 0 fully saturated rings. The van der Waals surface area contributed by atoms with Crippen LogP contribution in [0, 0.1) is 17.1 Å². The van der Waals surface area contributed by atoms with Gasteiger partial charge in [0, 0.05) is 11.3 Å². The van der Waals surface area contributed by atoms with E-state index in [1.165, 1.54) is 12.1 Å². The molecule has 0 saturated carbocycles. The van der Waals surface area contributed by atoms with E-state index < -0.39 is 5.82 Å². The Balaban J connectivity index is 2.24. The first-order valence-corrected chi connectivity index (χ1v) is 6.44. The molecule has 4 nitrogen and oxygen atoms in total. The number of hydrogen-bond donors (Lipinski definition) is 2. The van der Waals surface area contributed by atoms with Crippen molar-refractivity contribution in [2.24, 2.45) is 5.73 Å². The van der Waals surface area contributed by atoms with E-state index in [1.54, 1.807) is 18.2 Å². The van der Waals surface area contributed by atoms with Crippen LogP contribution in [-0.4, -0.2) is 12.5 Å². The molecule has 0 aliphatic carbocycles. The molecular formula is C16H14FN3O. The molecule has 0 spiro atoms. The number of carbonyl (C=O) groups excluding carboxylic acids is 1. The Kier molecular flexibility index (Phi) is 4.64. The van der Waals surface area contributed by atoms with E-state index in [-0.39, 0.29) is 11.5 Å². The fraction of sp³-hybridized carbons (Fsp3) is 0.125. The summed E-state index contributed by atoms with van der Waals surface area (Å²) in [4.78, 5) is 12.3. The third kappa shape index (κ3) is 3.44. The predicted octanol–water partition coefficient (Wildman–Crippen LogP) is 2.45. The highest BCUT2D eigenvalue weighted by atomic mass is 19.1. The van der Waals surface area contributed by atoms with Crippen LogP contribution in [0.1, 0.15) is 21.5 Å². The number of nitrogens with two attached hydrogens (primary N) is 1. The second-order valence-electron chi connectivity index (χ2n) is 4.46. The molecule has 0 aliphatic heterocycles. The van der Waals surface area contributed by atoms with Crippen LogP contribution in [0.5, 0.6) is 0 Å². The number of carbonyl (C=O) groups is 1. The van der Waals surface area contributed by atoms with E-state index in [0.29, 0.717) is 24.2 Å². The number of hydrogen-bond acceptors (Lipinski definition) is 3. The maximum atomic E-state index is 13.2. The summed E-state index contributed by atoms with van der Waals surface area (Å²) >= 11 is 0. The van der Waals surface area contributed by atoms with Crippen LogP contribution in [0.3, 0.4) is 0 Å². The van der Waals surface area contributed by atoms with E-state index in [1.807, 2.05) is 12.1 Å². The molecule has 0 saturated heterocycles. The van der Waals surface area contributed by atoms with E-state index in [9.17, 15) is 9.18 Å². The monoisotopic (exact) mass is 283 g/mol. The van der Waals surface area contributed by atoms with E-state index >= 15 is 0 Å². The van der Waals surface area contributed by atoms with Crippen LogP contribution in [0.2, 0.25) is 0 Å². The van der Waals surface area contributed by atoms with Crippen LogP contribution in [0.15, 0.2) is 42.5 Å². The summed E-state index contributed by atoms with van der Waals surface area (Å²) in [6.45, 7) is 0.444. The maximum absolute atomic E-state index is 13.2. The number of benzene rings is 2. The van der Waals surface area contributed by atoms with Crippen molar-refractivity contribution in [3.8, 4) is 6.07 Å². The van der Waals surface area contributed by atoms with Gasteiger partial charge in [-0.2, -0.15) is 5.26 Å². The van der Waals surface area contributed by atoms with Gasteiger partial charge in [0.2, 0.25) is 0 Å². The molecule has 0 unspecified atom stereocenters. The molecule has 1 amide bonds. The zero-order valence-corrected chi connectivity index (χ0v) is 11.3. The van der Waals surface area contributed by atoms with Gasteiger partial charge in [0.05, 0.1) is 5.56 Å². The first-order chi connectivity index (χ1) is 10.2. The average Bonchev–Trinajstić information content (AvgIpc) is 2.50. The fourth-order valence-electron chi connectivity index (χ4n) is 2.00. The minimum absolute atomic E-state index is 0.108. The summed E-state index contributed by atoms with van der Waals surface area (Å²) < 4.78 is 13.2. The van der Waals surface area contributed by atoms with Gasteiger partial charge in [-0.1, -0.05) is 18.2 Å². The van der Waals surface area contributed by atoms with E-state index in [4.69, 9.17) is 11.0 Å². The van der Waals surface area contributed by atoms with Crippen LogP contribution < -0.4 is 11.1 Å². The quantitative estimate of drug-likeness (QED) is 0.904. The zero-order valence-electron chi connectivity index (χ0n) is 11.3. The van der Waals surface area contributed by atoms with Gasteiger partial charge in [-0.3, -0.25) is 4.79 Å². The summed E-state index contributed by atoms with van der Waals surface area (Å²) in [6.07, 6.45) is 0.594. The van der Waals surface area contributed by atoms with Gasteiger partial charge >= 0.3 is 0 Å². The molecule has 2 aromatic rings. The largest absolute Gasteiger partial charge is 0.330 e. The molecule has 106 valence electrons. The Morgan fingerprint density at radius 1 is 1.29 bits per heavy atom. The van der Waals surface area contributed by atoms with Crippen molar-refractivity contribution >= 4 is 11.6 Å². The SMILES string of the molecule is N#Cc1cc(NC(=O)c2ccccc2CCN)ccc1F. The highest BCUT2D eigenvalue weighted by Gasteiger charge is 2.11. The van der Waals surface area contributed by atoms with Gasteiger partial charge in [-0.15, -0.1) is 0 Å². The molecule has 2 rings (SSSR count). The van der Waals surface area contributed by atoms with Gasteiger partial charge in [0.15, 0.2) is 0 Å². The van der Waals surface area contributed by atoms with E-state index in [2.05, 4.69) is 5.32 Å². The van der Waals surface area contributed by atoms with Gasteiger partial charge in [0.25, 0.3) is 5.91 Å². The molecular weight excluding hydrogens is 269 g/mol. The summed E-state index contributed by atoms with van der Waals surface area (Å²) in [7, 11) is 0. The standard InChI is InChI=1S/C16H14FN3O/c17-15-6-5-13(9-12(15)10-19)20-16(21)14-4-2-1-3-11(14)7-8-18/h1-6,9H,7-8,18H2,(H,20,21). The smallest absolute Gasteiger partial charge is 0.255 e. The minimum Gasteiger partial charge on any atom is -0.330 e. The maximum Gasteiger partial charge on any atom is 0.255 e. The predicted molar refractivity (Wildman–Crippen MR) is 78.3 cm³/mol. The van der Waals surface area contributed by atoms with Crippen molar-refractivity contribution in [1.29, 1.82) is 5.26 Å². The van der Waals surface area contributed by atoms with Crippen molar-refractivity contribution in [3.63, 3.8) is 0 Å². The fourth-order valence-corrected chi connectivity index (χ4v) is 2.00. The lowest BCUT2D eigenvalue weighted by molar-refractivity contribution is 0.102. The normalized spacial score (nSPS) is 9.95. The third-order valence-corrected chi connectivity index (χ3v) is 3.02. The molecule has 5 heteroatoms. The summed E-state index contributed by atoms with van der Waals surface area (Å²) in [5.74, 6) is -0.923. The molecule has 3 N–H and O–H groups in total. The molecule has 0 bridgehead atoms. The molecule has 0 aliphatic rings. The van der Waals surface area contributed by atoms with Crippen molar-refractivity contribution in [2.75, 3.05) is 11.9 Å². The molecule has 0 aromatic heterocycles. The molecule has 21 heavy (non-hydrogen) atoms. The third-order valence-electron chi connectivity index (χ3n) is 3.02. The van der Waals surface area contributed by atoms with E-state index in [0.717, 1.165) is 11.6 Å². The number of halogens is 1. The Morgan fingerprint density at radius 2 is 2.05 bits per heavy atom. The summed E-state index contributed by atoms with van der Waals surface area (Å²) in [5.41, 5.74) is 7.16. The van der Waals surface area contributed by atoms with Crippen molar-refractivity contribution in [1.82, 2.24) is 0 Å². The topological polar surface area (TPSA) is 78.9 Å². The lowest BCUT2D eigenvalue weighted by Gasteiger charge is -2.10. The Labute approximate surface area is 122 Å². The van der Waals surface area contributed by atoms with Crippen LogP contribution in [0.25, 0.3) is 0 Å². The highest BCUT2D eigenvalue weighted by Crippen LogP contribution is 2.16. The number of rotatable bonds is 4. The summed E-state index contributed by atoms with van der Waals surface area (Å²) in [5, 5.41) is 11.5. The van der Waals surface area contributed by atoms with Gasteiger partial charge in [-0.05, 0) is 42.8 Å². The van der Waals surface area contributed by atoms with Gasteiger partial charge < -0.3 is 11.1 Å². The number of nitrogens with one attached hydrogen (secondary N) is 1. The number of nitrogens with zero attached hydrogens (tertiary/aromatic N) is 1. The molecule has 2 aromatic carbocycles. The Morgan fingerprint density at radius 3 is 2.76 bits per heavy atom. The van der Waals surface area contributed by atoms with Gasteiger partial charge in [0.1, 0.15) is 11.9 Å². The first kappa shape index (κ1) is 14.7. The van der Waals surface area contributed by atoms with Gasteiger partial charge in [-0.25, -0.2) is 4.39 Å². The second kappa shape index (κ2) is 6.64. The Bertz CT molecular complexity index is 707. The molecule has 0 atom stereocenters. The van der Waals surface area contributed by atoms with Crippen molar-refractivity contribution in [3.05, 3.63) is 65.0 Å². The zero-order chi connectivity index (χ0) is 15.2. The average molecular weight is 283 g/mol. The lowest BCUT2D eigenvalue weighted by atomic mass is 10.0. The van der Waals surface area contributed by atoms with Crippen LogP contribution in [-0.2, 0) is 6.42 Å². The first-order valence-electron chi connectivity index (χ1n) is 6.44. The van der Waals surface area contributed by atoms with Crippen molar-refractivity contribution < 1.29 is 9.18 Å². The highest BCUT2D eigenvalue weighted by molar-refractivity contribution is 6.05. The Hall–Kier alpha value is -2.71. The molecule has 0 radical (unpaired) electrons. The number of amides is 1. The number of nitriles is 1.